The van der Waals surface area contributed by atoms with Crippen LogP contribution in [0.3, 0.4) is 0 Å². The van der Waals surface area contributed by atoms with E-state index in [2.05, 4.69) is 15.3 Å². The number of carboxylic acid groups (broad SMARTS) is 1. The van der Waals surface area contributed by atoms with Crippen molar-refractivity contribution in [2.45, 2.75) is 12.8 Å². The molecule has 0 radical (unpaired) electrons. The van der Waals surface area contributed by atoms with Crippen molar-refractivity contribution in [2.24, 2.45) is 5.92 Å². The number of carbonyl (C=O) groups is 1. The SMILES string of the molecule is O=C(O)c1cccc(-c2nccnc2CC2CCNC2)c1. The van der Waals surface area contributed by atoms with E-state index in [1.54, 1.807) is 30.6 Å². The minimum atomic E-state index is -0.928. The van der Waals surface area contributed by atoms with Crippen LogP contribution in [0.25, 0.3) is 11.3 Å². The summed E-state index contributed by atoms with van der Waals surface area (Å²) in [6.45, 7) is 2.06. The molecule has 1 aliphatic rings. The van der Waals surface area contributed by atoms with Gasteiger partial charge in [0.05, 0.1) is 17.0 Å². The lowest BCUT2D eigenvalue weighted by Crippen LogP contribution is -2.12. The fourth-order valence-corrected chi connectivity index (χ4v) is 2.72. The molecule has 1 atom stereocenters. The highest BCUT2D eigenvalue weighted by Crippen LogP contribution is 2.24. The molecule has 0 bridgehead atoms. The first-order chi connectivity index (χ1) is 10.2. The first kappa shape index (κ1) is 13.7. The monoisotopic (exact) mass is 283 g/mol. The molecular weight excluding hydrogens is 266 g/mol. The number of hydrogen-bond acceptors (Lipinski definition) is 4. The lowest BCUT2D eigenvalue weighted by Gasteiger charge is -2.11. The maximum absolute atomic E-state index is 11.1. The second-order valence-corrected chi connectivity index (χ2v) is 5.30. The topological polar surface area (TPSA) is 75.1 Å². The van der Waals surface area contributed by atoms with Gasteiger partial charge in [0.15, 0.2) is 0 Å². The molecule has 5 heteroatoms. The molecule has 0 amide bonds. The Morgan fingerprint density at radius 2 is 2.19 bits per heavy atom. The van der Waals surface area contributed by atoms with E-state index in [-0.39, 0.29) is 5.56 Å². The number of rotatable bonds is 4. The number of nitrogens with one attached hydrogen (secondary N) is 1. The van der Waals surface area contributed by atoms with Gasteiger partial charge in [-0.05, 0) is 44.0 Å². The van der Waals surface area contributed by atoms with Gasteiger partial charge in [0.25, 0.3) is 0 Å². The summed E-state index contributed by atoms with van der Waals surface area (Å²) in [7, 11) is 0. The van der Waals surface area contributed by atoms with Crippen LogP contribution in [0.4, 0.5) is 0 Å². The molecule has 3 rings (SSSR count). The third-order valence-corrected chi connectivity index (χ3v) is 3.80. The second kappa shape index (κ2) is 6.01. The second-order valence-electron chi connectivity index (χ2n) is 5.30. The van der Waals surface area contributed by atoms with Crippen molar-refractivity contribution >= 4 is 5.97 Å². The highest BCUT2D eigenvalue weighted by Gasteiger charge is 2.18. The number of carboxylic acids is 1. The molecule has 1 aromatic carbocycles. The summed E-state index contributed by atoms with van der Waals surface area (Å²) in [5.41, 5.74) is 2.80. The molecule has 0 saturated carbocycles. The quantitative estimate of drug-likeness (QED) is 0.897. The number of aromatic nitrogens is 2. The third-order valence-electron chi connectivity index (χ3n) is 3.80. The van der Waals surface area contributed by atoms with Gasteiger partial charge in [-0.2, -0.15) is 0 Å². The average molecular weight is 283 g/mol. The summed E-state index contributed by atoms with van der Waals surface area (Å²) in [4.78, 5) is 20.0. The number of benzene rings is 1. The van der Waals surface area contributed by atoms with Gasteiger partial charge in [0, 0.05) is 18.0 Å². The van der Waals surface area contributed by atoms with Gasteiger partial charge in [-0.25, -0.2) is 4.79 Å². The zero-order chi connectivity index (χ0) is 14.7. The smallest absolute Gasteiger partial charge is 0.335 e. The summed E-state index contributed by atoms with van der Waals surface area (Å²) >= 11 is 0. The van der Waals surface area contributed by atoms with Crippen LogP contribution in [0.5, 0.6) is 0 Å². The Morgan fingerprint density at radius 3 is 2.95 bits per heavy atom. The fourth-order valence-electron chi connectivity index (χ4n) is 2.72. The van der Waals surface area contributed by atoms with Crippen LogP contribution >= 0.6 is 0 Å². The van der Waals surface area contributed by atoms with Crippen LogP contribution in [-0.2, 0) is 6.42 Å². The standard InChI is InChI=1S/C16H17N3O2/c20-16(21)13-3-1-2-12(9-13)15-14(18-6-7-19-15)8-11-4-5-17-10-11/h1-3,6-7,9,11,17H,4-5,8,10H2,(H,20,21). The normalized spacial score (nSPS) is 17.8. The molecule has 21 heavy (non-hydrogen) atoms. The lowest BCUT2D eigenvalue weighted by atomic mass is 9.98. The molecule has 5 nitrogen and oxygen atoms in total. The summed E-state index contributed by atoms with van der Waals surface area (Å²) in [5.74, 6) is -0.356. The van der Waals surface area contributed by atoms with Crippen molar-refractivity contribution in [2.75, 3.05) is 13.1 Å². The molecule has 1 aliphatic heterocycles. The molecule has 2 N–H and O–H groups in total. The highest BCUT2D eigenvalue weighted by molar-refractivity contribution is 5.89. The van der Waals surface area contributed by atoms with E-state index in [0.717, 1.165) is 42.9 Å². The Morgan fingerprint density at radius 1 is 1.33 bits per heavy atom. The number of aromatic carboxylic acids is 1. The van der Waals surface area contributed by atoms with Gasteiger partial charge >= 0.3 is 5.97 Å². The number of nitrogens with zero attached hydrogens (tertiary/aromatic N) is 2. The van der Waals surface area contributed by atoms with E-state index < -0.39 is 5.97 Å². The maximum atomic E-state index is 11.1. The molecule has 1 fully saturated rings. The Balaban J connectivity index is 1.94. The van der Waals surface area contributed by atoms with Crippen LogP contribution < -0.4 is 5.32 Å². The van der Waals surface area contributed by atoms with Crippen molar-refractivity contribution in [1.82, 2.24) is 15.3 Å². The van der Waals surface area contributed by atoms with Crippen LogP contribution in [0.1, 0.15) is 22.5 Å². The average Bonchev–Trinajstić information content (AvgIpc) is 3.01. The van der Waals surface area contributed by atoms with Gasteiger partial charge in [0.1, 0.15) is 0 Å². The Labute approximate surface area is 123 Å². The third kappa shape index (κ3) is 3.08. The molecule has 108 valence electrons. The Bertz CT molecular complexity index is 651. The molecular formula is C16H17N3O2. The van der Waals surface area contributed by atoms with E-state index in [9.17, 15) is 4.79 Å². The Kier molecular flexibility index (Phi) is 3.92. The summed E-state index contributed by atoms with van der Waals surface area (Å²) in [6.07, 6.45) is 5.36. The predicted octanol–water partition coefficient (Wildman–Crippen LogP) is 1.99. The van der Waals surface area contributed by atoms with E-state index in [4.69, 9.17) is 5.11 Å². The van der Waals surface area contributed by atoms with Gasteiger partial charge in [-0.1, -0.05) is 12.1 Å². The largest absolute Gasteiger partial charge is 0.478 e. The van der Waals surface area contributed by atoms with E-state index in [0.29, 0.717) is 5.92 Å². The van der Waals surface area contributed by atoms with Gasteiger partial charge in [-0.3, -0.25) is 9.97 Å². The van der Waals surface area contributed by atoms with Gasteiger partial charge < -0.3 is 10.4 Å². The minimum Gasteiger partial charge on any atom is -0.478 e. The molecule has 2 aromatic rings. The minimum absolute atomic E-state index is 0.270. The molecule has 2 heterocycles. The zero-order valence-electron chi connectivity index (χ0n) is 11.6. The van der Waals surface area contributed by atoms with E-state index in [1.165, 1.54) is 0 Å². The summed E-state index contributed by atoms with van der Waals surface area (Å²) in [6, 6.07) is 6.87. The van der Waals surface area contributed by atoms with Crippen molar-refractivity contribution in [3.05, 3.63) is 47.9 Å². The van der Waals surface area contributed by atoms with E-state index >= 15 is 0 Å². The predicted molar refractivity (Wildman–Crippen MR) is 79.1 cm³/mol. The van der Waals surface area contributed by atoms with Crippen LogP contribution in [0.2, 0.25) is 0 Å². The maximum Gasteiger partial charge on any atom is 0.335 e. The zero-order valence-corrected chi connectivity index (χ0v) is 11.6. The fraction of sp³-hybridized carbons (Fsp3) is 0.312. The number of hydrogen-bond donors (Lipinski definition) is 2. The summed E-state index contributed by atoms with van der Waals surface area (Å²) in [5, 5.41) is 12.5. The highest BCUT2D eigenvalue weighted by atomic mass is 16.4. The van der Waals surface area contributed by atoms with Crippen LogP contribution in [0, 0.1) is 5.92 Å². The lowest BCUT2D eigenvalue weighted by molar-refractivity contribution is 0.0697. The molecule has 0 spiro atoms. The van der Waals surface area contributed by atoms with Crippen molar-refractivity contribution in [1.29, 1.82) is 0 Å². The van der Waals surface area contributed by atoms with Gasteiger partial charge in [0.2, 0.25) is 0 Å². The van der Waals surface area contributed by atoms with Gasteiger partial charge in [-0.15, -0.1) is 0 Å². The molecule has 1 unspecified atom stereocenters. The van der Waals surface area contributed by atoms with Crippen molar-refractivity contribution < 1.29 is 9.90 Å². The van der Waals surface area contributed by atoms with Crippen molar-refractivity contribution in [3.8, 4) is 11.3 Å². The van der Waals surface area contributed by atoms with Crippen LogP contribution in [-0.4, -0.2) is 34.1 Å². The first-order valence-electron chi connectivity index (χ1n) is 7.08. The first-order valence-corrected chi connectivity index (χ1v) is 7.08. The Hall–Kier alpha value is -2.27. The molecule has 1 saturated heterocycles. The van der Waals surface area contributed by atoms with Crippen molar-refractivity contribution in [3.63, 3.8) is 0 Å². The molecule has 0 aliphatic carbocycles. The molecule has 1 aromatic heterocycles. The summed E-state index contributed by atoms with van der Waals surface area (Å²) < 4.78 is 0. The van der Waals surface area contributed by atoms with E-state index in [1.807, 2.05) is 6.07 Å². The van der Waals surface area contributed by atoms with Crippen LogP contribution in [0.15, 0.2) is 36.7 Å².